The lowest BCUT2D eigenvalue weighted by Gasteiger charge is -2.39. The average molecular weight is 291 g/mol. The summed E-state index contributed by atoms with van der Waals surface area (Å²) in [6.07, 6.45) is 0. The van der Waals surface area contributed by atoms with E-state index >= 15 is 0 Å². The molecule has 1 heterocycles. The molecule has 1 fully saturated rings. The van der Waals surface area contributed by atoms with Crippen LogP contribution < -0.4 is 10.6 Å². The lowest BCUT2D eigenvalue weighted by Crippen LogP contribution is -2.58. The molecule has 21 heavy (non-hydrogen) atoms. The van der Waals surface area contributed by atoms with E-state index in [-0.39, 0.29) is 5.91 Å². The zero-order chi connectivity index (χ0) is 15.3. The van der Waals surface area contributed by atoms with Gasteiger partial charge in [-0.25, -0.2) is 0 Å². The van der Waals surface area contributed by atoms with Gasteiger partial charge in [-0.1, -0.05) is 12.1 Å². The maximum Gasteiger partial charge on any atom is 0.244 e. The van der Waals surface area contributed by atoms with Crippen LogP contribution in [0.1, 0.15) is 19.4 Å². The zero-order valence-electron chi connectivity index (χ0n) is 13.1. The van der Waals surface area contributed by atoms with Gasteiger partial charge in [-0.2, -0.15) is 0 Å². The lowest BCUT2D eigenvalue weighted by atomic mass is 10.00. The van der Waals surface area contributed by atoms with Gasteiger partial charge in [0.05, 0.1) is 12.1 Å². The van der Waals surface area contributed by atoms with E-state index in [9.17, 15) is 4.79 Å². The highest BCUT2D eigenvalue weighted by Crippen LogP contribution is 2.19. The maximum absolute atomic E-state index is 12.6. The van der Waals surface area contributed by atoms with Crippen LogP contribution in [0.5, 0.6) is 0 Å². The Morgan fingerprint density at radius 3 is 2.76 bits per heavy atom. The van der Waals surface area contributed by atoms with E-state index in [0.717, 1.165) is 37.4 Å². The third-order valence-corrected chi connectivity index (χ3v) is 3.96. The van der Waals surface area contributed by atoms with Crippen molar-refractivity contribution in [2.24, 2.45) is 0 Å². The van der Waals surface area contributed by atoms with Crippen molar-refractivity contribution in [2.75, 3.05) is 38.6 Å². The Kier molecular flexibility index (Phi) is 5.33. The second-order valence-electron chi connectivity index (χ2n) is 5.88. The molecule has 0 saturated carbocycles. The Morgan fingerprint density at radius 2 is 2.10 bits per heavy atom. The van der Waals surface area contributed by atoms with Crippen LogP contribution in [0.3, 0.4) is 0 Å². The molecule has 116 valence electrons. The molecular formula is C16H25N3O2. The Bertz CT molecular complexity index is 482. The molecule has 1 amide bonds. The molecule has 0 bridgehead atoms. The number of hydrogen-bond acceptors (Lipinski definition) is 4. The molecule has 0 radical (unpaired) electrons. The smallest absolute Gasteiger partial charge is 0.244 e. The predicted octanol–water partition coefficient (Wildman–Crippen LogP) is 1.46. The molecule has 1 aliphatic heterocycles. The van der Waals surface area contributed by atoms with E-state index < -0.39 is 5.54 Å². The number of methoxy groups -OCH3 is 1. The highest BCUT2D eigenvalue weighted by Gasteiger charge is 2.35. The second kappa shape index (κ2) is 7.02. The highest BCUT2D eigenvalue weighted by molar-refractivity contribution is 5.97. The van der Waals surface area contributed by atoms with Crippen LogP contribution in [-0.4, -0.2) is 49.6 Å². The van der Waals surface area contributed by atoms with Gasteiger partial charge in [0.15, 0.2) is 0 Å². The van der Waals surface area contributed by atoms with Gasteiger partial charge in [0, 0.05) is 39.0 Å². The molecule has 2 rings (SSSR count). The van der Waals surface area contributed by atoms with Gasteiger partial charge in [-0.05, 0) is 31.5 Å². The van der Waals surface area contributed by atoms with E-state index in [1.807, 2.05) is 38.1 Å². The van der Waals surface area contributed by atoms with Crippen LogP contribution in [0.4, 0.5) is 5.69 Å². The molecule has 0 unspecified atom stereocenters. The molecule has 1 aromatic rings. The van der Waals surface area contributed by atoms with E-state index in [1.54, 1.807) is 7.11 Å². The Hall–Kier alpha value is -1.43. The number of piperazine rings is 1. The van der Waals surface area contributed by atoms with E-state index in [1.165, 1.54) is 0 Å². The molecule has 2 N–H and O–H groups in total. The number of benzene rings is 1. The summed E-state index contributed by atoms with van der Waals surface area (Å²) in [5, 5.41) is 6.33. The highest BCUT2D eigenvalue weighted by atomic mass is 16.5. The van der Waals surface area contributed by atoms with Gasteiger partial charge < -0.3 is 15.4 Å². The minimum atomic E-state index is -0.515. The number of carbonyl (C=O) groups is 1. The monoisotopic (exact) mass is 291 g/mol. The molecule has 0 aliphatic carbocycles. The minimum absolute atomic E-state index is 0.0268. The third kappa shape index (κ3) is 4.03. The van der Waals surface area contributed by atoms with Crippen molar-refractivity contribution in [3.05, 3.63) is 29.8 Å². The van der Waals surface area contributed by atoms with Crippen molar-refractivity contribution in [2.45, 2.75) is 26.0 Å². The number of anilines is 1. The standard InChI is InChI=1S/C16H25N3O2/c1-16(2,19-9-7-17-8-10-19)15(20)18-14-6-4-5-13(11-14)12-21-3/h4-6,11,17H,7-10,12H2,1-3H3,(H,18,20). The summed E-state index contributed by atoms with van der Waals surface area (Å²) in [6, 6.07) is 7.78. The lowest BCUT2D eigenvalue weighted by molar-refractivity contribution is -0.126. The average Bonchev–Trinajstić information content (AvgIpc) is 2.49. The Labute approximate surface area is 126 Å². The zero-order valence-corrected chi connectivity index (χ0v) is 13.1. The van der Waals surface area contributed by atoms with Crippen molar-refractivity contribution in [1.82, 2.24) is 10.2 Å². The van der Waals surface area contributed by atoms with Crippen LogP contribution >= 0.6 is 0 Å². The summed E-state index contributed by atoms with van der Waals surface area (Å²) in [4.78, 5) is 14.8. The first-order valence-corrected chi connectivity index (χ1v) is 7.39. The van der Waals surface area contributed by atoms with Crippen LogP contribution in [0.25, 0.3) is 0 Å². The molecule has 5 heteroatoms. The van der Waals surface area contributed by atoms with Crippen molar-refractivity contribution in [3.8, 4) is 0 Å². The molecule has 1 aliphatic rings. The largest absolute Gasteiger partial charge is 0.380 e. The molecule has 1 aromatic carbocycles. The normalized spacial score (nSPS) is 16.7. The molecule has 0 aromatic heterocycles. The SMILES string of the molecule is COCc1cccc(NC(=O)C(C)(C)N2CCNCC2)c1. The number of ether oxygens (including phenoxy) is 1. The van der Waals surface area contributed by atoms with Crippen molar-refractivity contribution in [3.63, 3.8) is 0 Å². The molecule has 0 spiro atoms. The van der Waals surface area contributed by atoms with Crippen LogP contribution in [0.15, 0.2) is 24.3 Å². The first-order chi connectivity index (χ1) is 10.0. The summed E-state index contributed by atoms with van der Waals surface area (Å²) in [5.74, 6) is 0.0268. The molecule has 1 saturated heterocycles. The predicted molar refractivity (Wildman–Crippen MR) is 84.3 cm³/mol. The molecule has 5 nitrogen and oxygen atoms in total. The summed E-state index contributed by atoms with van der Waals surface area (Å²) in [5.41, 5.74) is 1.35. The quantitative estimate of drug-likeness (QED) is 0.862. The first-order valence-electron chi connectivity index (χ1n) is 7.39. The van der Waals surface area contributed by atoms with Gasteiger partial charge in [0.25, 0.3) is 0 Å². The third-order valence-electron chi connectivity index (χ3n) is 3.96. The Balaban J connectivity index is 2.03. The number of carbonyl (C=O) groups excluding carboxylic acids is 1. The Morgan fingerprint density at radius 1 is 1.38 bits per heavy atom. The maximum atomic E-state index is 12.6. The molecular weight excluding hydrogens is 266 g/mol. The van der Waals surface area contributed by atoms with E-state index in [4.69, 9.17) is 4.74 Å². The summed E-state index contributed by atoms with van der Waals surface area (Å²) < 4.78 is 5.12. The first kappa shape index (κ1) is 15.9. The van der Waals surface area contributed by atoms with Gasteiger partial charge in [-0.3, -0.25) is 9.69 Å². The fourth-order valence-corrected chi connectivity index (χ4v) is 2.56. The van der Waals surface area contributed by atoms with Crippen molar-refractivity contribution >= 4 is 11.6 Å². The summed E-state index contributed by atoms with van der Waals surface area (Å²) in [7, 11) is 1.67. The molecule has 0 atom stereocenters. The summed E-state index contributed by atoms with van der Waals surface area (Å²) in [6.45, 7) is 8.15. The second-order valence-corrected chi connectivity index (χ2v) is 5.88. The minimum Gasteiger partial charge on any atom is -0.380 e. The topological polar surface area (TPSA) is 53.6 Å². The van der Waals surface area contributed by atoms with Crippen molar-refractivity contribution in [1.29, 1.82) is 0 Å². The number of rotatable bonds is 5. The fraction of sp³-hybridized carbons (Fsp3) is 0.562. The number of nitrogens with one attached hydrogen (secondary N) is 2. The number of amides is 1. The fourth-order valence-electron chi connectivity index (χ4n) is 2.56. The van der Waals surface area contributed by atoms with Crippen molar-refractivity contribution < 1.29 is 9.53 Å². The number of nitrogens with zero attached hydrogens (tertiary/aromatic N) is 1. The van der Waals surface area contributed by atoms with E-state index in [0.29, 0.717) is 6.61 Å². The van der Waals surface area contributed by atoms with Gasteiger partial charge in [-0.15, -0.1) is 0 Å². The van der Waals surface area contributed by atoms with Crippen LogP contribution in [0.2, 0.25) is 0 Å². The van der Waals surface area contributed by atoms with E-state index in [2.05, 4.69) is 15.5 Å². The van der Waals surface area contributed by atoms with Gasteiger partial charge in [0.1, 0.15) is 0 Å². The van der Waals surface area contributed by atoms with Gasteiger partial charge in [0.2, 0.25) is 5.91 Å². The summed E-state index contributed by atoms with van der Waals surface area (Å²) >= 11 is 0. The van der Waals surface area contributed by atoms with Gasteiger partial charge >= 0.3 is 0 Å². The number of hydrogen-bond donors (Lipinski definition) is 2. The van der Waals surface area contributed by atoms with Crippen LogP contribution in [-0.2, 0) is 16.1 Å². The van der Waals surface area contributed by atoms with Crippen LogP contribution in [0, 0.1) is 0 Å².